The highest BCUT2D eigenvalue weighted by molar-refractivity contribution is 5.44. The minimum atomic E-state index is 0. The molecule has 0 saturated carbocycles. The SMILES string of the molecule is NCC[n+]1ccc(N2CCCCC2)cc1.NCC[n+]1ccc(N2CCCCC2)cc1.[Br-].[Br-]. The Morgan fingerprint density at radius 3 is 1.16 bits per heavy atom. The number of aromatic nitrogens is 2. The van der Waals surface area contributed by atoms with Gasteiger partial charge in [0.25, 0.3) is 0 Å². The number of hydrogen-bond acceptors (Lipinski definition) is 4. The first kappa shape index (κ1) is 28.8. The molecule has 2 saturated heterocycles. The first-order chi connectivity index (χ1) is 14.8. The molecule has 2 fully saturated rings. The van der Waals surface area contributed by atoms with E-state index in [9.17, 15) is 0 Å². The molecule has 0 aliphatic carbocycles. The van der Waals surface area contributed by atoms with Crippen LogP contribution in [-0.4, -0.2) is 39.3 Å². The summed E-state index contributed by atoms with van der Waals surface area (Å²) in [6.07, 6.45) is 16.6. The molecule has 0 spiro atoms. The average molecular weight is 572 g/mol. The van der Waals surface area contributed by atoms with E-state index in [0.717, 1.165) is 13.1 Å². The summed E-state index contributed by atoms with van der Waals surface area (Å²) >= 11 is 0. The topological polar surface area (TPSA) is 66.3 Å². The standard InChI is InChI=1S/2C12H20N3.2BrH/c2*13-6-11-14-9-4-12(5-10-14)15-7-2-1-3-8-15;;/h2*4-5,9-10H,1-3,6-8,11,13H2;2*1H/q2*+1;;/p-2. The smallest absolute Gasteiger partial charge is 0.170 e. The van der Waals surface area contributed by atoms with E-state index in [1.165, 1.54) is 76.1 Å². The second-order valence-electron chi connectivity index (χ2n) is 8.26. The molecule has 0 unspecified atom stereocenters. The molecule has 8 heteroatoms. The van der Waals surface area contributed by atoms with Gasteiger partial charge in [-0.2, -0.15) is 0 Å². The third-order valence-electron chi connectivity index (χ3n) is 5.96. The highest BCUT2D eigenvalue weighted by Gasteiger charge is 2.12. The van der Waals surface area contributed by atoms with Gasteiger partial charge in [-0.15, -0.1) is 0 Å². The summed E-state index contributed by atoms with van der Waals surface area (Å²) in [5, 5.41) is 0. The molecule has 2 aromatic rings. The lowest BCUT2D eigenvalue weighted by Crippen LogP contribution is -3.00. The Morgan fingerprint density at radius 2 is 0.875 bits per heavy atom. The van der Waals surface area contributed by atoms with E-state index in [4.69, 9.17) is 11.5 Å². The highest BCUT2D eigenvalue weighted by atomic mass is 79.9. The molecule has 6 nitrogen and oxygen atoms in total. The van der Waals surface area contributed by atoms with Crippen molar-refractivity contribution in [2.45, 2.75) is 51.6 Å². The molecule has 0 aromatic carbocycles. The largest absolute Gasteiger partial charge is 1.00 e. The van der Waals surface area contributed by atoms with Gasteiger partial charge in [0.1, 0.15) is 0 Å². The van der Waals surface area contributed by atoms with Crippen molar-refractivity contribution in [3.63, 3.8) is 0 Å². The van der Waals surface area contributed by atoms with Crippen molar-refractivity contribution in [1.82, 2.24) is 0 Å². The Labute approximate surface area is 215 Å². The molecule has 32 heavy (non-hydrogen) atoms. The Bertz CT molecular complexity index is 651. The maximum atomic E-state index is 5.51. The number of pyridine rings is 2. The van der Waals surface area contributed by atoms with E-state index in [1.54, 1.807) is 0 Å². The predicted octanol–water partition coefficient (Wildman–Crippen LogP) is -4.15. The number of hydrogen-bond donors (Lipinski definition) is 2. The Kier molecular flexibility index (Phi) is 14.8. The van der Waals surface area contributed by atoms with Gasteiger partial charge >= 0.3 is 0 Å². The molecule has 2 aliphatic heterocycles. The molecule has 0 radical (unpaired) electrons. The van der Waals surface area contributed by atoms with Crippen LogP contribution in [0.1, 0.15) is 38.5 Å². The molecule has 4 rings (SSSR count). The number of nitrogens with zero attached hydrogens (tertiary/aromatic N) is 4. The number of halogens is 2. The predicted molar refractivity (Wildman–Crippen MR) is 124 cm³/mol. The maximum Gasteiger partial charge on any atom is 0.170 e. The maximum absolute atomic E-state index is 5.51. The second kappa shape index (κ2) is 16.4. The molecule has 2 aromatic heterocycles. The summed E-state index contributed by atoms with van der Waals surface area (Å²) in [6.45, 7) is 8.05. The summed E-state index contributed by atoms with van der Waals surface area (Å²) in [5.41, 5.74) is 13.7. The summed E-state index contributed by atoms with van der Waals surface area (Å²) < 4.78 is 4.26. The van der Waals surface area contributed by atoms with Crippen molar-refractivity contribution in [3.8, 4) is 0 Å². The number of nitrogens with two attached hydrogens (primary N) is 2. The van der Waals surface area contributed by atoms with Crippen LogP contribution in [0.5, 0.6) is 0 Å². The van der Waals surface area contributed by atoms with Crippen molar-refractivity contribution < 1.29 is 43.1 Å². The lowest BCUT2D eigenvalue weighted by atomic mass is 10.1. The third kappa shape index (κ3) is 9.33. The van der Waals surface area contributed by atoms with E-state index in [2.05, 4.69) is 68.0 Å². The van der Waals surface area contributed by atoms with Gasteiger partial charge in [-0.25, -0.2) is 9.13 Å². The minimum absolute atomic E-state index is 0. The zero-order chi connectivity index (χ0) is 21.0. The molecule has 180 valence electrons. The van der Waals surface area contributed by atoms with Crippen LogP contribution < -0.4 is 64.4 Å². The van der Waals surface area contributed by atoms with Gasteiger partial charge in [-0.3, -0.25) is 0 Å². The van der Waals surface area contributed by atoms with E-state index in [0.29, 0.717) is 13.1 Å². The first-order valence-electron chi connectivity index (χ1n) is 11.7. The Morgan fingerprint density at radius 1 is 0.562 bits per heavy atom. The third-order valence-corrected chi connectivity index (χ3v) is 5.96. The van der Waals surface area contributed by atoms with Crippen LogP contribution in [0.4, 0.5) is 11.4 Å². The molecular formula is C24H40Br2N6. The average Bonchev–Trinajstić information content (AvgIpc) is 2.82. The fraction of sp³-hybridized carbons (Fsp3) is 0.583. The molecule has 2 aliphatic rings. The van der Waals surface area contributed by atoms with E-state index >= 15 is 0 Å². The summed E-state index contributed by atoms with van der Waals surface area (Å²) in [4.78, 5) is 4.94. The number of piperidine rings is 2. The van der Waals surface area contributed by atoms with E-state index in [1.807, 2.05) is 0 Å². The lowest BCUT2D eigenvalue weighted by molar-refractivity contribution is -0.694. The normalized spacial score (nSPS) is 15.7. The fourth-order valence-corrected chi connectivity index (χ4v) is 4.22. The monoisotopic (exact) mass is 570 g/mol. The van der Waals surface area contributed by atoms with Gasteiger partial charge in [-0.1, -0.05) is 0 Å². The number of anilines is 2. The van der Waals surface area contributed by atoms with Crippen molar-refractivity contribution in [2.75, 3.05) is 49.1 Å². The van der Waals surface area contributed by atoms with Gasteiger partial charge in [0.15, 0.2) is 37.9 Å². The van der Waals surface area contributed by atoms with Crippen LogP contribution in [0.2, 0.25) is 0 Å². The van der Waals surface area contributed by atoms with Crippen molar-refractivity contribution in [2.24, 2.45) is 11.5 Å². The van der Waals surface area contributed by atoms with Crippen LogP contribution >= 0.6 is 0 Å². The quantitative estimate of drug-likeness (QED) is 0.346. The molecule has 4 N–H and O–H groups in total. The van der Waals surface area contributed by atoms with Crippen LogP contribution in [0.3, 0.4) is 0 Å². The van der Waals surface area contributed by atoms with Crippen LogP contribution in [-0.2, 0) is 13.1 Å². The second-order valence-corrected chi connectivity index (χ2v) is 8.26. The zero-order valence-corrected chi connectivity index (χ0v) is 22.4. The Hall–Kier alpha value is -1.22. The lowest BCUT2D eigenvalue weighted by Gasteiger charge is -2.28. The van der Waals surface area contributed by atoms with Gasteiger partial charge in [-0.05, 0) is 38.5 Å². The first-order valence-corrected chi connectivity index (χ1v) is 11.7. The van der Waals surface area contributed by atoms with Gasteiger partial charge < -0.3 is 55.2 Å². The van der Waals surface area contributed by atoms with Crippen LogP contribution in [0.25, 0.3) is 0 Å². The minimum Gasteiger partial charge on any atom is -1.00 e. The molecule has 0 bridgehead atoms. The number of rotatable bonds is 6. The van der Waals surface area contributed by atoms with Crippen LogP contribution in [0, 0.1) is 0 Å². The van der Waals surface area contributed by atoms with Gasteiger partial charge in [0, 0.05) is 61.8 Å². The van der Waals surface area contributed by atoms with Crippen molar-refractivity contribution in [1.29, 1.82) is 0 Å². The summed E-state index contributed by atoms with van der Waals surface area (Å²) in [7, 11) is 0. The fourth-order valence-electron chi connectivity index (χ4n) is 4.22. The summed E-state index contributed by atoms with van der Waals surface area (Å²) in [6, 6.07) is 8.78. The van der Waals surface area contributed by atoms with E-state index in [-0.39, 0.29) is 34.0 Å². The van der Waals surface area contributed by atoms with E-state index < -0.39 is 0 Å². The van der Waals surface area contributed by atoms with Crippen molar-refractivity contribution in [3.05, 3.63) is 49.1 Å². The molecular weight excluding hydrogens is 532 g/mol. The molecule has 4 heterocycles. The molecule has 0 atom stereocenters. The molecule has 0 amide bonds. The van der Waals surface area contributed by atoms with Gasteiger partial charge in [0.2, 0.25) is 0 Å². The summed E-state index contributed by atoms with van der Waals surface area (Å²) in [5.74, 6) is 0. The zero-order valence-electron chi connectivity index (χ0n) is 19.2. The van der Waals surface area contributed by atoms with Crippen LogP contribution in [0.15, 0.2) is 49.1 Å². The Balaban J connectivity index is 0.000000301. The highest BCUT2D eigenvalue weighted by Crippen LogP contribution is 2.18. The van der Waals surface area contributed by atoms with Gasteiger partial charge in [0.05, 0.1) is 13.1 Å². The van der Waals surface area contributed by atoms with Crippen molar-refractivity contribution >= 4 is 11.4 Å².